The van der Waals surface area contributed by atoms with Crippen LogP contribution in [0.5, 0.6) is 0 Å². The third kappa shape index (κ3) is 13.9. The van der Waals surface area contributed by atoms with Gasteiger partial charge in [0.15, 0.2) is 0 Å². The summed E-state index contributed by atoms with van der Waals surface area (Å²) in [6, 6.07) is 89.7. The Morgan fingerprint density at radius 3 is 0.952 bits per heavy atom. The second-order valence-corrected chi connectivity index (χ2v) is 31.4. The van der Waals surface area contributed by atoms with Gasteiger partial charge in [-0.1, -0.05) is 192 Å². The standard InChI is InChI=1S/4C14H12O.3C14H12S/c1-9-3-5-13-11(7-9)12-8-10(2)4-6-14(12)15-13;1-9-5-3-7-11-13(9)14-10(2)6-4-8-12(14)15-11;1-9-6-7-12-11(8-9)14-10(2)4-3-5-13(14)15-12;1-9-6-7-11-13(8-9)15-12-5-3-4-10(2)14(11)12;1-9-5-3-7-11-12-8-4-6-10(2)14(12)15-13(9)11;1-9-6-7-11-12-5-3-4-10(2)14(12)15-13(11)8-9;1-9-6-7-13-12(8-9)11-5-3-4-10(2)14(11)15-13/h7*3-8H,1-2H3. The van der Waals surface area contributed by atoms with Gasteiger partial charge in [-0.25, -0.2) is 0 Å². The third-order valence-corrected chi connectivity index (χ3v) is 24.2. The molecule has 0 saturated carbocycles. The summed E-state index contributed by atoms with van der Waals surface area (Å²) < 4.78 is 31.7. The van der Waals surface area contributed by atoms with Crippen LogP contribution < -0.4 is 0 Å². The number of benzene rings is 14. The largest absolute Gasteiger partial charge is 0.456 e. The van der Waals surface area contributed by atoms with Crippen LogP contribution in [0.15, 0.2) is 272 Å². The minimum atomic E-state index is 0.973. The summed E-state index contributed by atoms with van der Waals surface area (Å²) in [5.41, 5.74) is 26.2. The molecular weight excluding hydrogens is 1340 g/mol. The van der Waals surface area contributed by atoms with Gasteiger partial charge in [0.25, 0.3) is 0 Å². The molecule has 0 saturated heterocycles. The Bertz CT molecular complexity index is 6610. The van der Waals surface area contributed by atoms with Crippen molar-refractivity contribution in [1.82, 2.24) is 0 Å². The van der Waals surface area contributed by atoms with Crippen molar-refractivity contribution in [3.05, 3.63) is 333 Å². The van der Waals surface area contributed by atoms with Crippen molar-refractivity contribution in [1.29, 1.82) is 0 Å². The number of hydrogen-bond acceptors (Lipinski definition) is 7. The van der Waals surface area contributed by atoms with Crippen LogP contribution in [0.25, 0.3) is 148 Å². The highest BCUT2D eigenvalue weighted by atomic mass is 32.1. The average molecular weight is 1420 g/mol. The maximum Gasteiger partial charge on any atom is 0.135 e. The Hall–Kier alpha value is -11.1. The van der Waals surface area contributed by atoms with Crippen molar-refractivity contribution in [3.63, 3.8) is 0 Å². The molecule has 0 amide bonds. The smallest absolute Gasteiger partial charge is 0.135 e. The van der Waals surface area contributed by atoms with E-state index in [1.54, 1.807) is 0 Å². The van der Waals surface area contributed by atoms with E-state index < -0.39 is 0 Å². The summed E-state index contributed by atoms with van der Waals surface area (Å²) in [6.45, 7) is 30.0. The quantitative estimate of drug-likeness (QED) is 0.152. The lowest BCUT2D eigenvalue weighted by Crippen LogP contribution is -1.76. The molecule has 105 heavy (non-hydrogen) atoms. The van der Waals surface area contributed by atoms with Crippen molar-refractivity contribution in [2.24, 2.45) is 0 Å². The molecular formula is C98H84O4S3. The van der Waals surface area contributed by atoms with Gasteiger partial charge in [0.05, 0.1) is 0 Å². The van der Waals surface area contributed by atoms with E-state index in [9.17, 15) is 0 Å². The predicted molar refractivity (Wildman–Crippen MR) is 459 cm³/mol. The van der Waals surface area contributed by atoms with E-state index in [0.29, 0.717) is 0 Å². The summed E-state index contributed by atoms with van der Waals surface area (Å²) in [5.74, 6) is 0. The highest BCUT2D eigenvalue weighted by molar-refractivity contribution is 7.27. The van der Waals surface area contributed by atoms with E-state index in [1.165, 1.54) is 181 Å². The van der Waals surface area contributed by atoms with E-state index >= 15 is 0 Å². The number of hydrogen-bond donors (Lipinski definition) is 0. The lowest BCUT2D eigenvalue weighted by atomic mass is 10.0. The fourth-order valence-electron chi connectivity index (χ4n) is 14.6. The molecule has 21 aromatic rings. The molecule has 7 aromatic heterocycles. The minimum Gasteiger partial charge on any atom is -0.456 e. The molecule has 0 aliphatic rings. The van der Waals surface area contributed by atoms with Crippen LogP contribution in [-0.2, 0) is 0 Å². The molecule has 14 aromatic carbocycles. The lowest BCUT2D eigenvalue weighted by molar-refractivity contribution is 0.668. The molecule has 7 heteroatoms. The van der Waals surface area contributed by atoms with Crippen LogP contribution in [0, 0.1) is 96.9 Å². The highest BCUT2D eigenvalue weighted by Gasteiger charge is 2.15. The van der Waals surface area contributed by atoms with Crippen molar-refractivity contribution in [2.45, 2.75) is 96.9 Å². The molecule has 0 radical (unpaired) electrons. The topological polar surface area (TPSA) is 52.6 Å². The Labute approximate surface area is 625 Å². The van der Waals surface area contributed by atoms with Crippen molar-refractivity contribution < 1.29 is 17.7 Å². The maximum absolute atomic E-state index is 5.81. The Balaban J connectivity index is 0.0000000983. The molecule has 0 atom stereocenters. The monoisotopic (exact) mass is 1420 g/mol. The lowest BCUT2D eigenvalue weighted by Gasteiger charge is -1.97. The average Bonchev–Trinajstić information content (AvgIpc) is 1.69. The van der Waals surface area contributed by atoms with Crippen molar-refractivity contribution >= 4 is 182 Å². The maximum atomic E-state index is 5.81. The van der Waals surface area contributed by atoms with Crippen molar-refractivity contribution in [3.8, 4) is 0 Å². The zero-order valence-corrected chi connectivity index (χ0v) is 64.6. The van der Waals surface area contributed by atoms with Crippen LogP contribution in [0.4, 0.5) is 0 Å². The van der Waals surface area contributed by atoms with Gasteiger partial charge in [-0.3, -0.25) is 0 Å². The van der Waals surface area contributed by atoms with E-state index in [1.807, 2.05) is 101 Å². The van der Waals surface area contributed by atoms with Crippen LogP contribution in [0.1, 0.15) is 77.9 Å². The van der Waals surface area contributed by atoms with Gasteiger partial charge in [0.1, 0.15) is 44.7 Å². The summed E-state index contributed by atoms with van der Waals surface area (Å²) in [4.78, 5) is 0. The first-order valence-electron chi connectivity index (χ1n) is 36.0. The normalized spacial score (nSPS) is 11.3. The molecule has 0 unspecified atom stereocenters. The second kappa shape index (κ2) is 29.2. The van der Waals surface area contributed by atoms with Gasteiger partial charge < -0.3 is 17.7 Å². The first-order valence-corrected chi connectivity index (χ1v) is 38.4. The third-order valence-electron chi connectivity index (χ3n) is 20.1. The minimum absolute atomic E-state index is 0.973. The zero-order valence-electron chi connectivity index (χ0n) is 62.1. The second-order valence-electron chi connectivity index (χ2n) is 28.3. The van der Waals surface area contributed by atoms with Crippen molar-refractivity contribution in [2.75, 3.05) is 0 Å². The number of fused-ring (bicyclic) bond motifs is 21. The SMILES string of the molecule is Cc1ccc2c(c1)oc1cccc(C)c12.Cc1ccc2c(c1)sc1c(C)cccc12.Cc1ccc2oc3ccc(C)cc3c2c1.Cc1ccc2oc3cccc(C)c3c2c1.Cc1ccc2sc3c(C)cccc3c2c1.Cc1cccc2c1sc1c(C)cccc12.Cc1cccc2oc3cccc(C)c3c12. The summed E-state index contributed by atoms with van der Waals surface area (Å²) in [5, 5.41) is 18.3. The van der Waals surface area contributed by atoms with E-state index in [-0.39, 0.29) is 0 Å². The fourth-order valence-corrected chi connectivity index (χ4v) is 18.3. The van der Waals surface area contributed by atoms with Crippen LogP contribution in [0.2, 0.25) is 0 Å². The Kier molecular flexibility index (Phi) is 19.4. The van der Waals surface area contributed by atoms with Gasteiger partial charge in [-0.2, -0.15) is 0 Å². The number of thiophene rings is 3. The molecule has 7 heterocycles. The molecule has 0 spiro atoms. The molecule has 518 valence electrons. The first-order chi connectivity index (χ1) is 50.8. The molecule has 0 N–H and O–H groups in total. The van der Waals surface area contributed by atoms with Gasteiger partial charge in [-0.05, 0) is 237 Å². The van der Waals surface area contributed by atoms with Crippen LogP contribution >= 0.6 is 34.0 Å². The fraction of sp³-hybridized carbons (Fsp3) is 0.143. The highest BCUT2D eigenvalue weighted by Crippen LogP contribution is 2.41. The molecule has 0 aliphatic carbocycles. The summed E-state index contributed by atoms with van der Waals surface area (Å²) >= 11 is 5.71. The summed E-state index contributed by atoms with van der Waals surface area (Å²) in [6.07, 6.45) is 0. The van der Waals surface area contributed by atoms with Gasteiger partial charge >= 0.3 is 0 Å². The van der Waals surface area contributed by atoms with E-state index in [4.69, 9.17) is 17.7 Å². The predicted octanol–water partition coefficient (Wildman–Crippen LogP) is 30.8. The van der Waals surface area contributed by atoms with Gasteiger partial charge in [0.2, 0.25) is 0 Å². The van der Waals surface area contributed by atoms with E-state index in [0.717, 1.165) is 44.7 Å². The Morgan fingerprint density at radius 1 is 0.171 bits per heavy atom. The van der Waals surface area contributed by atoms with E-state index in [2.05, 4.69) is 285 Å². The zero-order chi connectivity index (χ0) is 72.9. The molecule has 0 fully saturated rings. The Morgan fingerprint density at radius 2 is 0.467 bits per heavy atom. The number of rotatable bonds is 0. The molecule has 0 aliphatic heterocycles. The number of aryl methyl sites for hydroxylation is 14. The first kappa shape index (κ1) is 69.6. The molecule has 21 rings (SSSR count). The summed E-state index contributed by atoms with van der Waals surface area (Å²) in [7, 11) is 0. The van der Waals surface area contributed by atoms with Crippen LogP contribution in [0.3, 0.4) is 0 Å². The van der Waals surface area contributed by atoms with Gasteiger partial charge in [-0.15, -0.1) is 34.0 Å². The molecule has 0 bridgehead atoms. The molecule has 4 nitrogen and oxygen atoms in total. The van der Waals surface area contributed by atoms with Gasteiger partial charge in [0, 0.05) is 104 Å². The number of furan rings is 4. The van der Waals surface area contributed by atoms with Crippen LogP contribution in [-0.4, -0.2) is 0 Å².